The molecule has 1 atom stereocenters. The number of nitrogens with zero attached hydrogens (tertiary/aromatic N) is 3. The molecule has 206 valence electrons. The molecule has 12 heteroatoms. The third kappa shape index (κ3) is 5.57. The fourth-order valence-corrected chi connectivity index (χ4v) is 5.88. The summed E-state index contributed by atoms with van der Waals surface area (Å²) in [7, 11) is -3.20. The van der Waals surface area contributed by atoms with Crippen LogP contribution in [0.3, 0.4) is 0 Å². The number of hydrogen-bond acceptors (Lipinski definition) is 7. The van der Waals surface area contributed by atoms with Crippen molar-refractivity contribution in [1.29, 1.82) is 0 Å². The third-order valence-corrected chi connectivity index (χ3v) is 7.78. The van der Waals surface area contributed by atoms with E-state index in [9.17, 15) is 27.9 Å². The number of carboxylic acids is 1. The standard InChI is InChI=1S/C28H27N5O6S/c1-16-19-8-9-22(21(19)7-6-20(16)28(36)37)32-27(35)24-13-23(31-25-10-11-30-33(24)25)26(34)29-14-17-4-3-5-18(12-17)15-40(2,38)39/h3-7,10-13,22H,8-9,14-15H2,1-2H3,(H,29,34)(H,32,35)(H,36,37)/t22-/m0/s1. The molecule has 0 radical (unpaired) electrons. The summed E-state index contributed by atoms with van der Waals surface area (Å²) in [6, 6.07) is 12.9. The summed E-state index contributed by atoms with van der Waals surface area (Å²) in [4.78, 5) is 42.3. The van der Waals surface area contributed by atoms with E-state index in [4.69, 9.17) is 0 Å². The first-order valence-electron chi connectivity index (χ1n) is 12.6. The van der Waals surface area contributed by atoms with Gasteiger partial charge in [-0.2, -0.15) is 5.10 Å². The van der Waals surface area contributed by atoms with E-state index in [1.54, 1.807) is 49.4 Å². The minimum atomic E-state index is -3.20. The van der Waals surface area contributed by atoms with E-state index in [-0.39, 0.29) is 35.3 Å². The Bertz CT molecular complexity index is 1780. The molecule has 2 amide bonds. The first kappa shape index (κ1) is 27.0. The van der Waals surface area contributed by atoms with Gasteiger partial charge in [0.25, 0.3) is 11.8 Å². The number of carboxylic acid groups (broad SMARTS) is 1. The van der Waals surface area contributed by atoms with Crippen LogP contribution in [-0.4, -0.2) is 52.2 Å². The Morgan fingerprint density at radius 3 is 2.60 bits per heavy atom. The molecule has 1 aliphatic rings. The Morgan fingerprint density at radius 1 is 1.07 bits per heavy atom. The van der Waals surface area contributed by atoms with Crippen LogP contribution in [0.1, 0.15) is 71.6 Å². The minimum Gasteiger partial charge on any atom is -0.478 e. The number of aromatic carboxylic acids is 1. The zero-order valence-corrected chi connectivity index (χ0v) is 22.7. The summed E-state index contributed by atoms with van der Waals surface area (Å²) in [5.41, 5.74) is 4.55. The van der Waals surface area contributed by atoms with Gasteiger partial charge in [-0.05, 0) is 53.6 Å². The van der Waals surface area contributed by atoms with Gasteiger partial charge in [0.1, 0.15) is 11.4 Å². The maximum atomic E-state index is 13.4. The van der Waals surface area contributed by atoms with Crippen LogP contribution in [-0.2, 0) is 28.6 Å². The Labute approximate surface area is 230 Å². The lowest BCUT2D eigenvalue weighted by atomic mass is 9.98. The van der Waals surface area contributed by atoms with Crippen molar-refractivity contribution in [3.8, 4) is 0 Å². The highest BCUT2D eigenvalue weighted by atomic mass is 32.2. The molecule has 0 saturated heterocycles. The van der Waals surface area contributed by atoms with Gasteiger partial charge >= 0.3 is 5.97 Å². The number of amides is 2. The van der Waals surface area contributed by atoms with E-state index < -0.39 is 27.6 Å². The number of nitrogens with one attached hydrogen (secondary N) is 2. The largest absolute Gasteiger partial charge is 0.478 e. The van der Waals surface area contributed by atoms with Crippen LogP contribution < -0.4 is 10.6 Å². The normalized spacial score (nSPS) is 14.6. The van der Waals surface area contributed by atoms with Gasteiger partial charge in [0.05, 0.1) is 23.6 Å². The van der Waals surface area contributed by atoms with E-state index in [1.165, 1.54) is 16.8 Å². The number of rotatable bonds is 8. The number of carbonyl (C=O) groups is 3. The quantitative estimate of drug-likeness (QED) is 0.296. The molecule has 2 aromatic heterocycles. The second-order valence-electron chi connectivity index (χ2n) is 9.88. The van der Waals surface area contributed by atoms with Gasteiger partial charge in [-0.1, -0.05) is 30.3 Å². The first-order chi connectivity index (χ1) is 19.0. The molecule has 2 heterocycles. The van der Waals surface area contributed by atoms with Gasteiger partial charge in [-0.15, -0.1) is 0 Å². The van der Waals surface area contributed by atoms with Gasteiger partial charge in [-0.25, -0.2) is 22.7 Å². The van der Waals surface area contributed by atoms with Crippen LogP contribution in [0.25, 0.3) is 5.65 Å². The Morgan fingerprint density at radius 2 is 1.85 bits per heavy atom. The van der Waals surface area contributed by atoms with Crippen molar-refractivity contribution in [3.63, 3.8) is 0 Å². The van der Waals surface area contributed by atoms with Crippen molar-refractivity contribution in [1.82, 2.24) is 25.2 Å². The minimum absolute atomic E-state index is 0.0270. The fraction of sp³-hybridized carbons (Fsp3) is 0.250. The average Bonchev–Trinajstić information content (AvgIpc) is 3.53. The Hall–Kier alpha value is -4.58. The molecule has 3 N–H and O–H groups in total. The molecule has 2 aromatic carbocycles. The summed E-state index contributed by atoms with van der Waals surface area (Å²) in [5, 5.41) is 19.4. The highest BCUT2D eigenvalue weighted by molar-refractivity contribution is 7.89. The second-order valence-corrected chi connectivity index (χ2v) is 12.0. The Balaban J connectivity index is 1.35. The third-order valence-electron chi connectivity index (χ3n) is 6.93. The van der Waals surface area contributed by atoms with Gasteiger partial charge in [-0.3, -0.25) is 9.59 Å². The monoisotopic (exact) mass is 561 g/mol. The molecule has 1 aliphatic carbocycles. The summed E-state index contributed by atoms with van der Waals surface area (Å²) in [6.45, 7) is 1.91. The van der Waals surface area contributed by atoms with Crippen LogP contribution >= 0.6 is 0 Å². The predicted octanol–water partition coefficient (Wildman–Crippen LogP) is 2.63. The van der Waals surface area contributed by atoms with Crippen LogP contribution in [0.15, 0.2) is 54.7 Å². The van der Waals surface area contributed by atoms with Crippen molar-refractivity contribution < 1.29 is 27.9 Å². The lowest BCUT2D eigenvalue weighted by Gasteiger charge is -2.16. The highest BCUT2D eigenvalue weighted by Crippen LogP contribution is 2.35. The van der Waals surface area contributed by atoms with Crippen molar-refractivity contribution >= 4 is 33.3 Å². The number of aromatic nitrogens is 3. The SMILES string of the molecule is Cc1c(C(=O)O)ccc2c1CC[C@@H]2NC(=O)c1cc(C(=O)NCc2cccc(CS(C)(=O)=O)c2)nc2ccnn12. The van der Waals surface area contributed by atoms with E-state index in [2.05, 4.69) is 20.7 Å². The second kappa shape index (κ2) is 10.5. The number of fused-ring (bicyclic) bond motifs is 2. The molecule has 4 aromatic rings. The van der Waals surface area contributed by atoms with Gasteiger partial charge in [0.15, 0.2) is 15.5 Å². The van der Waals surface area contributed by atoms with Crippen LogP contribution in [0.4, 0.5) is 0 Å². The van der Waals surface area contributed by atoms with Crippen molar-refractivity contribution in [3.05, 3.63) is 99.5 Å². The molecule has 0 bridgehead atoms. The predicted molar refractivity (Wildman–Crippen MR) is 146 cm³/mol. The maximum absolute atomic E-state index is 13.4. The van der Waals surface area contributed by atoms with Crippen LogP contribution in [0.5, 0.6) is 0 Å². The van der Waals surface area contributed by atoms with E-state index in [1.807, 2.05) is 0 Å². The number of hydrogen-bond donors (Lipinski definition) is 3. The van der Waals surface area contributed by atoms with Crippen LogP contribution in [0, 0.1) is 6.92 Å². The molecule has 40 heavy (non-hydrogen) atoms. The molecular formula is C28H27N5O6S. The maximum Gasteiger partial charge on any atom is 0.335 e. The van der Waals surface area contributed by atoms with Crippen LogP contribution in [0.2, 0.25) is 0 Å². The highest BCUT2D eigenvalue weighted by Gasteiger charge is 2.28. The fourth-order valence-electron chi connectivity index (χ4n) is 5.09. The molecule has 11 nitrogen and oxygen atoms in total. The van der Waals surface area contributed by atoms with E-state index >= 15 is 0 Å². The van der Waals surface area contributed by atoms with Crippen molar-refractivity contribution in [2.24, 2.45) is 0 Å². The summed E-state index contributed by atoms with van der Waals surface area (Å²) in [5.74, 6) is -2.04. The van der Waals surface area contributed by atoms with E-state index in [0.29, 0.717) is 29.6 Å². The molecule has 0 saturated carbocycles. The average molecular weight is 562 g/mol. The van der Waals surface area contributed by atoms with Gasteiger partial charge in [0, 0.05) is 24.9 Å². The zero-order valence-electron chi connectivity index (χ0n) is 21.8. The van der Waals surface area contributed by atoms with Gasteiger partial charge < -0.3 is 15.7 Å². The number of carbonyl (C=O) groups excluding carboxylic acids is 2. The summed E-state index contributed by atoms with van der Waals surface area (Å²) < 4.78 is 24.6. The number of sulfone groups is 1. The molecule has 0 fully saturated rings. The lowest BCUT2D eigenvalue weighted by Crippen LogP contribution is -2.30. The topological polar surface area (TPSA) is 160 Å². The number of benzene rings is 2. The zero-order chi connectivity index (χ0) is 28.6. The van der Waals surface area contributed by atoms with E-state index in [0.717, 1.165) is 22.9 Å². The van der Waals surface area contributed by atoms with Crippen molar-refractivity contribution in [2.75, 3.05) is 6.26 Å². The molecule has 0 spiro atoms. The molecule has 0 unspecified atom stereocenters. The lowest BCUT2D eigenvalue weighted by molar-refractivity contribution is 0.0695. The molecule has 5 rings (SSSR count). The molecular weight excluding hydrogens is 534 g/mol. The van der Waals surface area contributed by atoms with Crippen molar-refractivity contribution in [2.45, 2.75) is 38.1 Å². The summed E-state index contributed by atoms with van der Waals surface area (Å²) >= 11 is 0. The first-order valence-corrected chi connectivity index (χ1v) is 14.6. The van der Waals surface area contributed by atoms with Gasteiger partial charge in [0.2, 0.25) is 0 Å². The Kier molecular flexibility index (Phi) is 7.11. The molecule has 0 aliphatic heterocycles. The summed E-state index contributed by atoms with van der Waals surface area (Å²) in [6.07, 6.45) is 3.90. The smallest absolute Gasteiger partial charge is 0.335 e.